The van der Waals surface area contributed by atoms with Gasteiger partial charge in [-0.15, -0.1) is 0 Å². The predicted octanol–water partition coefficient (Wildman–Crippen LogP) is 3.33. The molecule has 1 aromatic carbocycles. The van der Waals surface area contributed by atoms with Crippen LogP contribution in [0.25, 0.3) is 0 Å². The standard InChI is InChI=1S/C14H14F3NO/c15-14(16,17)13(19)12-7-9-18(10-12)8-6-11-4-2-1-3-5-11/h1-5,7,9-10,13,19H,6,8H2. The molecule has 0 fully saturated rings. The van der Waals surface area contributed by atoms with Gasteiger partial charge in [-0.3, -0.25) is 0 Å². The Bertz CT molecular complexity index is 519. The summed E-state index contributed by atoms with van der Waals surface area (Å²) in [6, 6.07) is 11.0. The predicted molar refractivity (Wildman–Crippen MR) is 65.6 cm³/mol. The van der Waals surface area contributed by atoms with Crippen LogP contribution in [0.15, 0.2) is 48.8 Å². The van der Waals surface area contributed by atoms with Crippen LogP contribution in [0.4, 0.5) is 13.2 Å². The van der Waals surface area contributed by atoms with Gasteiger partial charge in [0.25, 0.3) is 0 Å². The molecule has 0 aliphatic rings. The van der Waals surface area contributed by atoms with Crippen molar-refractivity contribution in [2.45, 2.75) is 25.2 Å². The lowest BCUT2D eigenvalue weighted by Gasteiger charge is -2.12. The first-order valence-electron chi connectivity index (χ1n) is 5.91. The smallest absolute Gasteiger partial charge is 0.379 e. The number of hydrogen-bond donors (Lipinski definition) is 1. The van der Waals surface area contributed by atoms with Gasteiger partial charge in [0.2, 0.25) is 0 Å². The maximum absolute atomic E-state index is 12.3. The van der Waals surface area contributed by atoms with E-state index >= 15 is 0 Å². The fraction of sp³-hybridized carbons (Fsp3) is 0.286. The van der Waals surface area contributed by atoms with Gasteiger partial charge in [0.1, 0.15) is 0 Å². The zero-order valence-electron chi connectivity index (χ0n) is 10.1. The number of aliphatic hydroxyl groups excluding tert-OH is 1. The highest BCUT2D eigenvalue weighted by atomic mass is 19.4. The second-order valence-electron chi connectivity index (χ2n) is 4.36. The van der Waals surface area contributed by atoms with E-state index in [2.05, 4.69) is 0 Å². The number of benzene rings is 1. The molecule has 1 N–H and O–H groups in total. The molecule has 19 heavy (non-hydrogen) atoms. The number of hydrogen-bond acceptors (Lipinski definition) is 1. The number of nitrogens with zero attached hydrogens (tertiary/aromatic N) is 1. The molecule has 0 spiro atoms. The van der Waals surface area contributed by atoms with Crippen molar-refractivity contribution in [1.82, 2.24) is 4.57 Å². The molecule has 0 aliphatic heterocycles. The van der Waals surface area contributed by atoms with Crippen molar-refractivity contribution in [3.63, 3.8) is 0 Å². The molecule has 0 aliphatic carbocycles. The van der Waals surface area contributed by atoms with Crippen LogP contribution < -0.4 is 0 Å². The Morgan fingerprint density at radius 3 is 2.42 bits per heavy atom. The molecule has 0 saturated heterocycles. The minimum absolute atomic E-state index is 0.124. The summed E-state index contributed by atoms with van der Waals surface area (Å²) < 4.78 is 38.7. The lowest BCUT2D eigenvalue weighted by molar-refractivity contribution is -0.206. The second kappa shape index (κ2) is 5.48. The average Bonchev–Trinajstić information content (AvgIpc) is 2.84. The number of alkyl halides is 3. The molecule has 1 heterocycles. The van der Waals surface area contributed by atoms with Gasteiger partial charge in [-0.05, 0) is 18.1 Å². The van der Waals surface area contributed by atoms with Crippen molar-refractivity contribution in [3.05, 3.63) is 59.9 Å². The molecular formula is C14H14F3NO. The molecule has 0 radical (unpaired) electrons. The lowest BCUT2D eigenvalue weighted by Crippen LogP contribution is -2.19. The van der Waals surface area contributed by atoms with Gasteiger partial charge in [0.05, 0.1) is 0 Å². The molecule has 1 aromatic heterocycles. The SMILES string of the molecule is OC(c1ccn(CCc2ccccc2)c1)C(F)(F)F. The number of aryl methyl sites for hydroxylation is 2. The summed E-state index contributed by atoms with van der Waals surface area (Å²) in [7, 11) is 0. The second-order valence-corrected chi connectivity index (χ2v) is 4.36. The van der Waals surface area contributed by atoms with Crippen LogP contribution in [-0.4, -0.2) is 15.8 Å². The Morgan fingerprint density at radius 2 is 1.79 bits per heavy atom. The molecular weight excluding hydrogens is 255 g/mol. The van der Waals surface area contributed by atoms with Crippen LogP contribution in [0.3, 0.4) is 0 Å². The highest BCUT2D eigenvalue weighted by molar-refractivity contribution is 5.17. The van der Waals surface area contributed by atoms with Crippen molar-refractivity contribution >= 4 is 0 Å². The largest absolute Gasteiger partial charge is 0.418 e. The van der Waals surface area contributed by atoms with Crippen molar-refractivity contribution in [3.8, 4) is 0 Å². The van der Waals surface area contributed by atoms with Gasteiger partial charge >= 0.3 is 6.18 Å². The summed E-state index contributed by atoms with van der Waals surface area (Å²) in [5.41, 5.74) is 0.995. The van der Waals surface area contributed by atoms with Crippen molar-refractivity contribution < 1.29 is 18.3 Å². The van der Waals surface area contributed by atoms with E-state index in [1.165, 1.54) is 12.3 Å². The molecule has 1 unspecified atom stereocenters. The van der Waals surface area contributed by atoms with Crippen LogP contribution in [0.5, 0.6) is 0 Å². The first kappa shape index (κ1) is 13.7. The molecule has 2 rings (SSSR count). The van der Waals surface area contributed by atoms with Crippen LogP contribution in [0, 0.1) is 0 Å². The summed E-state index contributed by atoms with van der Waals surface area (Å²) in [5.74, 6) is 0. The van der Waals surface area contributed by atoms with Crippen LogP contribution in [0.1, 0.15) is 17.2 Å². The Hall–Kier alpha value is -1.75. The number of halogens is 3. The number of rotatable bonds is 4. The van der Waals surface area contributed by atoms with Gasteiger partial charge in [0, 0.05) is 24.5 Å². The zero-order chi connectivity index (χ0) is 13.9. The first-order chi connectivity index (χ1) is 8.97. The van der Waals surface area contributed by atoms with E-state index in [0.29, 0.717) is 6.54 Å². The van der Waals surface area contributed by atoms with E-state index in [9.17, 15) is 13.2 Å². The summed E-state index contributed by atoms with van der Waals surface area (Å²) in [5, 5.41) is 9.12. The topological polar surface area (TPSA) is 25.2 Å². The van der Waals surface area contributed by atoms with Crippen molar-refractivity contribution in [1.29, 1.82) is 0 Å². The Balaban J connectivity index is 1.98. The van der Waals surface area contributed by atoms with Gasteiger partial charge in [0.15, 0.2) is 6.10 Å². The maximum atomic E-state index is 12.3. The van der Waals surface area contributed by atoms with Gasteiger partial charge in [-0.1, -0.05) is 30.3 Å². The molecule has 0 bridgehead atoms. The average molecular weight is 269 g/mol. The summed E-state index contributed by atoms with van der Waals surface area (Å²) >= 11 is 0. The van der Waals surface area contributed by atoms with E-state index in [1.54, 1.807) is 10.8 Å². The van der Waals surface area contributed by atoms with Crippen LogP contribution >= 0.6 is 0 Å². The van der Waals surface area contributed by atoms with Crippen LogP contribution in [0.2, 0.25) is 0 Å². The summed E-state index contributed by atoms with van der Waals surface area (Å²) in [6.45, 7) is 0.578. The fourth-order valence-electron chi connectivity index (χ4n) is 1.85. The highest BCUT2D eigenvalue weighted by Crippen LogP contribution is 2.32. The van der Waals surface area contributed by atoms with E-state index in [1.807, 2.05) is 30.3 Å². The Morgan fingerprint density at radius 1 is 1.11 bits per heavy atom. The number of aliphatic hydroxyl groups is 1. The van der Waals surface area contributed by atoms with Crippen molar-refractivity contribution in [2.24, 2.45) is 0 Å². The van der Waals surface area contributed by atoms with Crippen LogP contribution in [-0.2, 0) is 13.0 Å². The summed E-state index contributed by atoms with van der Waals surface area (Å²) in [4.78, 5) is 0. The fourth-order valence-corrected chi connectivity index (χ4v) is 1.85. The minimum Gasteiger partial charge on any atom is -0.379 e. The highest BCUT2D eigenvalue weighted by Gasteiger charge is 2.39. The Labute approximate surface area is 109 Å². The monoisotopic (exact) mass is 269 g/mol. The molecule has 0 saturated carbocycles. The lowest BCUT2D eigenvalue weighted by atomic mass is 10.1. The minimum atomic E-state index is -4.62. The molecule has 102 valence electrons. The molecule has 0 amide bonds. The molecule has 2 aromatic rings. The third-order valence-corrected chi connectivity index (χ3v) is 2.90. The molecule has 5 heteroatoms. The third-order valence-electron chi connectivity index (χ3n) is 2.90. The molecule has 1 atom stereocenters. The first-order valence-corrected chi connectivity index (χ1v) is 5.91. The maximum Gasteiger partial charge on any atom is 0.418 e. The van der Waals surface area contributed by atoms with Crippen molar-refractivity contribution in [2.75, 3.05) is 0 Å². The number of aromatic nitrogens is 1. The summed E-state index contributed by atoms with van der Waals surface area (Å²) in [6.07, 6.45) is -3.41. The quantitative estimate of drug-likeness (QED) is 0.905. The van der Waals surface area contributed by atoms with Gasteiger partial charge in [-0.2, -0.15) is 13.2 Å². The van der Waals surface area contributed by atoms with E-state index in [-0.39, 0.29) is 5.56 Å². The van der Waals surface area contributed by atoms with Gasteiger partial charge in [-0.25, -0.2) is 0 Å². The van der Waals surface area contributed by atoms with E-state index in [4.69, 9.17) is 5.11 Å². The normalized spacial score (nSPS) is 13.5. The van der Waals surface area contributed by atoms with E-state index < -0.39 is 12.3 Å². The Kier molecular flexibility index (Phi) is 3.95. The third kappa shape index (κ3) is 3.61. The van der Waals surface area contributed by atoms with E-state index in [0.717, 1.165) is 12.0 Å². The zero-order valence-corrected chi connectivity index (χ0v) is 10.1. The molecule has 2 nitrogen and oxygen atoms in total. The van der Waals surface area contributed by atoms with Gasteiger partial charge < -0.3 is 9.67 Å².